The van der Waals surface area contributed by atoms with Crippen molar-refractivity contribution in [2.24, 2.45) is 0 Å². The fourth-order valence-corrected chi connectivity index (χ4v) is 5.95. The predicted octanol–water partition coefficient (Wildman–Crippen LogP) is 7.53. The molecule has 6 aromatic rings. The van der Waals surface area contributed by atoms with Gasteiger partial charge in [-0.2, -0.15) is 5.10 Å². The molecule has 0 aliphatic heterocycles. The van der Waals surface area contributed by atoms with Crippen LogP contribution in [0.15, 0.2) is 95.0 Å². The first-order valence-corrected chi connectivity index (χ1v) is 14.0. The van der Waals surface area contributed by atoms with E-state index in [0.29, 0.717) is 11.5 Å². The summed E-state index contributed by atoms with van der Waals surface area (Å²) in [5, 5.41) is 20.2. The molecule has 3 heterocycles. The van der Waals surface area contributed by atoms with Gasteiger partial charge in [0.05, 0.1) is 21.6 Å². The third-order valence-corrected chi connectivity index (χ3v) is 8.21. The highest BCUT2D eigenvalue weighted by atomic mass is 32.2. The molecule has 39 heavy (non-hydrogen) atoms. The van der Waals surface area contributed by atoms with Crippen LogP contribution in [0.2, 0.25) is 0 Å². The Labute approximate surface area is 233 Å². The molecule has 0 aliphatic carbocycles. The largest absolute Gasteiger partial charge is 0.508 e. The minimum atomic E-state index is -0.372. The lowest BCUT2D eigenvalue weighted by molar-refractivity contribution is 0.262. The smallest absolute Gasteiger partial charge is 0.324 e. The number of fused-ring (bicyclic) bond motifs is 3. The van der Waals surface area contributed by atoms with Gasteiger partial charge in [0.25, 0.3) is 0 Å². The number of urea groups is 1. The highest BCUT2D eigenvalue weighted by Gasteiger charge is 2.21. The van der Waals surface area contributed by atoms with Crippen molar-refractivity contribution in [3.63, 3.8) is 0 Å². The zero-order chi connectivity index (χ0) is 27.1. The number of carbonyl (C=O) groups excluding carboxylic acids is 1. The first-order valence-electron chi connectivity index (χ1n) is 12.3. The summed E-state index contributed by atoms with van der Waals surface area (Å²) in [5.74, 6) is 0.699. The molecule has 0 aliphatic rings. The Morgan fingerprint density at radius 1 is 0.949 bits per heavy atom. The van der Waals surface area contributed by atoms with E-state index in [4.69, 9.17) is 5.10 Å². The molecule has 3 aromatic carbocycles. The van der Waals surface area contributed by atoms with Crippen LogP contribution in [0.25, 0.3) is 20.9 Å². The number of nitrogens with one attached hydrogen (secondary N) is 2. The number of nitrogens with zero attached hydrogens (tertiary/aromatic N) is 4. The second kappa shape index (κ2) is 9.79. The van der Waals surface area contributed by atoms with E-state index in [2.05, 4.69) is 59.0 Å². The fourth-order valence-electron chi connectivity index (χ4n) is 4.13. The topological polar surface area (TPSA) is 96.5 Å². The Kier molecular flexibility index (Phi) is 6.28. The normalized spacial score (nSPS) is 11.8. The van der Waals surface area contributed by atoms with Crippen molar-refractivity contribution in [3.8, 4) is 11.4 Å². The molecule has 0 fully saturated rings. The number of phenolic OH excluding ortho intramolecular Hbond substituents is 1. The number of amides is 2. The SMILES string of the molecule is CC(C)(C)c1cc(NC(=O)Nc2ccc(Sc3ccc4sc5nccn5c4c3)cc2)n(-c2ccc(O)cc2)n1. The standard InChI is InChI=1S/C29H26N6O2S2/c1-29(2,3)25-17-26(35(33-25)19-6-8-20(36)9-7-19)32-27(37)31-18-4-10-21(11-5-18)38-22-12-13-24-23(16-22)34-15-14-30-28(34)39-24/h4-17,36H,1-3H3,(H2,31,32,37). The zero-order valence-corrected chi connectivity index (χ0v) is 23.2. The summed E-state index contributed by atoms with van der Waals surface area (Å²) in [6, 6.07) is 22.4. The van der Waals surface area contributed by atoms with Crippen LogP contribution >= 0.6 is 23.1 Å². The van der Waals surface area contributed by atoms with Crippen LogP contribution in [-0.2, 0) is 5.41 Å². The van der Waals surface area contributed by atoms with Crippen molar-refractivity contribution in [2.45, 2.75) is 36.0 Å². The molecular formula is C29H26N6O2S2. The Bertz CT molecular complexity index is 1790. The van der Waals surface area contributed by atoms with Gasteiger partial charge < -0.3 is 10.4 Å². The number of aromatic nitrogens is 4. The second-order valence-electron chi connectivity index (χ2n) is 10.1. The van der Waals surface area contributed by atoms with Crippen molar-refractivity contribution < 1.29 is 9.90 Å². The quantitative estimate of drug-likeness (QED) is 0.205. The summed E-state index contributed by atoms with van der Waals surface area (Å²) in [6.45, 7) is 6.20. The van der Waals surface area contributed by atoms with Gasteiger partial charge in [0.15, 0.2) is 4.96 Å². The molecule has 196 valence electrons. The van der Waals surface area contributed by atoms with Crippen molar-refractivity contribution in [2.75, 3.05) is 10.6 Å². The van der Waals surface area contributed by atoms with Crippen LogP contribution in [0.4, 0.5) is 16.3 Å². The van der Waals surface area contributed by atoms with Crippen LogP contribution < -0.4 is 10.6 Å². The molecule has 6 rings (SSSR count). The van der Waals surface area contributed by atoms with Gasteiger partial charge in [-0.05, 0) is 66.7 Å². The predicted molar refractivity (Wildman–Crippen MR) is 158 cm³/mol. The number of hydrogen-bond donors (Lipinski definition) is 3. The van der Waals surface area contributed by atoms with Crippen molar-refractivity contribution in [3.05, 3.63) is 90.9 Å². The zero-order valence-electron chi connectivity index (χ0n) is 21.5. The number of anilines is 2. The van der Waals surface area contributed by atoms with Gasteiger partial charge in [0, 0.05) is 39.4 Å². The average molecular weight is 555 g/mol. The maximum Gasteiger partial charge on any atom is 0.324 e. The third-order valence-electron chi connectivity index (χ3n) is 6.16. The lowest BCUT2D eigenvalue weighted by atomic mass is 9.92. The van der Waals surface area contributed by atoms with Crippen LogP contribution in [0, 0.1) is 0 Å². The van der Waals surface area contributed by atoms with E-state index in [1.165, 1.54) is 4.70 Å². The van der Waals surface area contributed by atoms with E-state index in [1.807, 2.05) is 42.7 Å². The van der Waals surface area contributed by atoms with Gasteiger partial charge in [0.2, 0.25) is 0 Å². The van der Waals surface area contributed by atoms with Crippen molar-refractivity contribution in [1.29, 1.82) is 0 Å². The Morgan fingerprint density at radius 2 is 1.69 bits per heavy atom. The summed E-state index contributed by atoms with van der Waals surface area (Å²) in [7, 11) is 0. The number of benzene rings is 3. The molecular weight excluding hydrogens is 528 g/mol. The molecule has 8 nitrogen and oxygen atoms in total. The molecule has 0 bridgehead atoms. The van der Waals surface area contributed by atoms with Crippen LogP contribution in [0.3, 0.4) is 0 Å². The van der Waals surface area contributed by atoms with Gasteiger partial charge in [0.1, 0.15) is 11.6 Å². The minimum absolute atomic E-state index is 0.165. The molecule has 0 saturated heterocycles. The number of carbonyl (C=O) groups is 1. The first-order chi connectivity index (χ1) is 18.7. The third kappa shape index (κ3) is 5.21. The number of thiazole rings is 1. The average Bonchev–Trinajstić information content (AvgIpc) is 3.61. The Morgan fingerprint density at radius 3 is 2.44 bits per heavy atom. The van der Waals surface area contributed by atoms with Gasteiger partial charge in [-0.3, -0.25) is 9.72 Å². The van der Waals surface area contributed by atoms with E-state index in [1.54, 1.807) is 52.0 Å². The first kappa shape index (κ1) is 25.0. The molecule has 0 unspecified atom stereocenters. The number of hydrogen-bond acceptors (Lipinski definition) is 6. The van der Waals surface area contributed by atoms with E-state index >= 15 is 0 Å². The van der Waals surface area contributed by atoms with E-state index in [-0.39, 0.29) is 17.2 Å². The van der Waals surface area contributed by atoms with E-state index < -0.39 is 0 Å². The summed E-state index contributed by atoms with van der Waals surface area (Å²) in [4.78, 5) is 20.5. The van der Waals surface area contributed by atoms with Gasteiger partial charge >= 0.3 is 6.03 Å². The van der Waals surface area contributed by atoms with Crippen LogP contribution in [-0.4, -0.2) is 30.3 Å². The highest BCUT2D eigenvalue weighted by Crippen LogP contribution is 2.34. The maximum absolute atomic E-state index is 12.9. The Balaban J connectivity index is 1.16. The molecule has 0 spiro atoms. The lowest BCUT2D eigenvalue weighted by Gasteiger charge is -2.14. The summed E-state index contributed by atoms with van der Waals surface area (Å²) in [6.07, 6.45) is 3.80. The summed E-state index contributed by atoms with van der Waals surface area (Å²) >= 11 is 3.34. The number of imidazole rings is 1. The maximum atomic E-state index is 12.9. The van der Waals surface area contributed by atoms with Crippen LogP contribution in [0.1, 0.15) is 26.5 Å². The lowest BCUT2D eigenvalue weighted by Crippen LogP contribution is -2.21. The van der Waals surface area contributed by atoms with E-state index in [9.17, 15) is 9.90 Å². The molecule has 10 heteroatoms. The van der Waals surface area contributed by atoms with E-state index in [0.717, 1.165) is 31.6 Å². The summed E-state index contributed by atoms with van der Waals surface area (Å²) in [5.41, 5.74) is 3.18. The van der Waals surface area contributed by atoms with Crippen molar-refractivity contribution in [1.82, 2.24) is 19.2 Å². The molecule has 0 atom stereocenters. The molecule has 2 amide bonds. The minimum Gasteiger partial charge on any atom is -0.508 e. The van der Waals surface area contributed by atoms with Gasteiger partial charge in [-0.25, -0.2) is 14.5 Å². The number of rotatable bonds is 5. The molecule has 3 aromatic heterocycles. The fraction of sp³-hybridized carbons (Fsp3) is 0.138. The van der Waals surface area contributed by atoms with Crippen molar-refractivity contribution >= 4 is 55.8 Å². The van der Waals surface area contributed by atoms with Gasteiger partial charge in [-0.15, -0.1) is 0 Å². The number of phenols is 1. The molecule has 0 saturated carbocycles. The summed E-state index contributed by atoms with van der Waals surface area (Å²) < 4.78 is 4.98. The highest BCUT2D eigenvalue weighted by molar-refractivity contribution is 7.99. The van der Waals surface area contributed by atoms with Crippen LogP contribution in [0.5, 0.6) is 5.75 Å². The Hall–Kier alpha value is -4.28. The number of aromatic hydroxyl groups is 1. The van der Waals surface area contributed by atoms with Gasteiger partial charge in [-0.1, -0.05) is 43.9 Å². The molecule has 0 radical (unpaired) electrons. The molecule has 3 N–H and O–H groups in total. The second-order valence-corrected chi connectivity index (χ2v) is 12.3. The monoisotopic (exact) mass is 554 g/mol.